The molecular weight excluding hydrogens is 275 g/mol. The van der Waals surface area contributed by atoms with Gasteiger partial charge in [-0.1, -0.05) is 30.1 Å². The lowest BCUT2D eigenvalue weighted by atomic mass is 10.3. The van der Waals surface area contributed by atoms with E-state index in [1.807, 2.05) is 0 Å². The molecule has 0 radical (unpaired) electrons. The van der Waals surface area contributed by atoms with Crippen molar-refractivity contribution < 1.29 is 4.74 Å². The molecule has 0 aliphatic carbocycles. The minimum atomic E-state index is 0.532. The van der Waals surface area contributed by atoms with Crippen LogP contribution in [0.4, 0.5) is 0 Å². The molecule has 0 saturated carbocycles. The zero-order valence-corrected chi connectivity index (χ0v) is 11.7. The van der Waals surface area contributed by atoms with Crippen molar-refractivity contribution in [3.8, 4) is 5.75 Å². The number of benzene rings is 1. The number of rotatable bonds is 4. The topological polar surface area (TPSA) is 9.23 Å². The normalized spacial score (nSPS) is 10.5. The van der Waals surface area contributed by atoms with E-state index in [0.29, 0.717) is 22.4 Å². The Balaban J connectivity index is 2.04. The van der Waals surface area contributed by atoms with E-state index in [2.05, 4.69) is 19.1 Å². The van der Waals surface area contributed by atoms with Crippen LogP contribution in [0.5, 0.6) is 5.75 Å². The summed E-state index contributed by atoms with van der Waals surface area (Å²) in [5.74, 6) is 0.630. The SMILES string of the molecule is CCc1ccc(COc2cc(Cl)ccc2Cl)s1. The fourth-order valence-corrected chi connectivity index (χ4v) is 2.63. The molecule has 17 heavy (non-hydrogen) atoms. The van der Waals surface area contributed by atoms with Crippen LogP contribution in [0, 0.1) is 0 Å². The van der Waals surface area contributed by atoms with E-state index in [1.165, 1.54) is 9.75 Å². The van der Waals surface area contributed by atoms with Crippen LogP contribution < -0.4 is 4.74 Å². The van der Waals surface area contributed by atoms with Crippen LogP contribution in [-0.4, -0.2) is 0 Å². The predicted molar refractivity (Wildman–Crippen MR) is 74.5 cm³/mol. The van der Waals surface area contributed by atoms with E-state index >= 15 is 0 Å². The summed E-state index contributed by atoms with van der Waals surface area (Å²) >= 11 is 13.7. The Hall–Kier alpha value is -0.700. The van der Waals surface area contributed by atoms with E-state index < -0.39 is 0 Å². The van der Waals surface area contributed by atoms with Gasteiger partial charge >= 0.3 is 0 Å². The Morgan fingerprint density at radius 1 is 1.12 bits per heavy atom. The average Bonchev–Trinajstić information content (AvgIpc) is 2.78. The number of hydrogen-bond acceptors (Lipinski definition) is 2. The van der Waals surface area contributed by atoms with Crippen molar-refractivity contribution in [2.75, 3.05) is 0 Å². The Kier molecular flexibility index (Phi) is 4.32. The lowest BCUT2D eigenvalue weighted by Crippen LogP contribution is -1.93. The van der Waals surface area contributed by atoms with Gasteiger partial charge in [-0.15, -0.1) is 11.3 Å². The summed E-state index contributed by atoms with van der Waals surface area (Å²) in [6, 6.07) is 9.44. The number of hydrogen-bond donors (Lipinski definition) is 0. The molecule has 4 heteroatoms. The first-order chi connectivity index (χ1) is 8.19. The van der Waals surface area contributed by atoms with Gasteiger partial charge in [-0.05, 0) is 30.7 Å². The highest BCUT2D eigenvalue weighted by Gasteiger charge is 2.04. The molecular formula is C13H12Cl2OS. The second-order valence-corrected chi connectivity index (χ2v) is 5.68. The van der Waals surface area contributed by atoms with E-state index in [4.69, 9.17) is 27.9 Å². The van der Waals surface area contributed by atoms with E-state index in [9.17, 15) is 0 Å². The molecule has 1 aromatic carbocycles. The van der Waals surface area contributed by atoms with Crippen molar-refractivity contribution in [2.24, 2.45) is 0 Å². The van der Waals surface area contributed by atoms with Gasteiger partial charge in [-0.3, -0.25) is 0 Å². The van der Waals surface area contributed by atoms with Gasteiger partial charge < -0.3 is 4.74 Å². The highest BCUT2D eigenvalue weighted by Crippen LogP contribution is 2.29. The molecule has 1 nitrogen and oxygen atoms in total. The molecule has 0 saturated heterocycles. The molecule has 0 fully saturated rings. The van der Waals surface area contributed by atoms with Crippen molar-refractivity contribution in [1.82, 2.24) is 0 Å². The number of thiophene rings is 1. The maximum atomic E-state index is 6.01. The molecule has 0 aliphatic heterocycles. The van der Waals surface area contributed by atoms with Crippen molar-refractivity contribution in [3.05, 3.63) is 50.1 Å². The second kappa shape index (κ2) is 5.76. The van der Waals surface area contributed by atoms with Gasteiger partial charge in [0.15, 0.2) is 0 Å². The summed E-state index contributed by atoms with van der Waals surface area (Å²) < 4.78 is 5.66. The minimum absolute atomic E-state index is 0.532. The first-order valence-corrected chi connectivity index (χ1v) is 6.91. The van der Waals surface area contributed by atoms with Gasteiger partial charge in [-0.2, -0.15) is 0 Å². The Morgan fingerprint density at radius 3 is 2.59 bits per heavy atom. The zero-order valence-electron chi connectivity index (χ0n) is 9.37. The van der Waals surface area contributed by atoms with Crippen LogP contribution in [0.3, 0.4) is 0 Å². The van der Waals surface area contributed by atoms with Gasteiger partial charge in [0.1, 0.15) is 12.4 Å². The first-order valence-electron chi connectivity index (χ1n) is 5.34. The maximum absolute atomic E-state index is 6.01. The predicted octanol–water partition coefficient (Wildman–Crippen LogP) is 5.20. The zero-order chi connectivity index (χ0) is 12.3. The second-order valence-electron chi connectivity index (χ2n) is 3.58. The summed E-state index contributed by atoms with van der Waals surface area (Å²) in [5.41, 5.74) is 0. The van der Waals surface area contributed by atoms with Crippen LogP contribution in [0.15, 0.2) is 30.3 Å². The van der Waals surface area contributed by atoms with Crippen LogP contribution in [0.25, 0.3) is 0 Å². The van der Waals surface area contributed by atoms with Crippen molar-refractivity contribution in [1.29, 1.82) is 0 Å². The third-order valence-corrected chi connectivity index (χ3v) is 4.08. The highest BCUT2D eigenvalue weighted by atomic mass is 35.5. The lowest BCUT2D eigenvalue weighted by Gasteiger charge is -2.06. The molecule has 1 aromatic heterocycles. The minimum Gasteiger partial charge on any atom is -0.486 e. The third kappa shape index (κ3) is 3.38. The molecule has 0 unspecified atom stereocenters. The molecule has 0 amide bonds. The summed E-state index contributed by atoms with van der Waals surface area (Å²) in [6.45, 7) is 2.68. The lowest BCUT2D eigenvalue weighted by molar-refractivity contribution is 0.310. The molecule has 2 aromatic rings. The highest BCUT2D eigenvalue weighted by molar-refractivity contribution is 7.11. The fourth-order valence-electron chi connectivity index (χ4n) is 1.43. The summed E-state index contributed by atoms with van der Waals surface area (Å²) in [6.07, 6.45) is 1.06. The van der Waals surface area contributed by atoms with Gasteiger partial charge in [0.05, 0.1) is 5.02 Å². The van der Waals surface area contributed by atoms with E-state index in [1.54, 1.807) is 29.5 Å². The quantitative estimate of drug-likeness (QED) is 0.751. The average molecular weight is 287 g/mol. The fraction of sp³-hybridized carbons (Fsp3) is 0.231. The summed E-state index contributed by atoms with van der Waals surface area (Å²) in [7, 11) is 0. The van der Waals surface area contributed by atoms with Crippen LogP contribution in [0.2, 0.25) is 10.0 Å². The monoisotopic (exact) mass is 286 g/mol. The van der Waals surface area contributed by atoms with Crippen LogP contribution in [-0.2, 0) is 13.0 Å². The van der Waals surface area contributed by atoms with Crippen LogP contribution in [0.1, 0.15) is 16.7 Å². The van der Waals surface area contributed by atoms with E-state index in [-0.39, 0.29) is 0 Å². The molecule has 2 rings (SSSR count). The largest absolute Gasteiger partial charge is 0.486 e. The Morgan fingerprint density at radius 2 is 1.88 bits per heavy atom. The van der Waals surface area contributed by atoms with Gasteiger partial charge in [0.25, 0.3) is 0 Å². The molecule has 0 N–H and O–H groups in total. The molecule has 0 aliphatic rings. The number of aryl methyl sites for hydroxylation is 1. The van der Waals surface area contributed by atoms with Crippen molar-refractivity contribution in [3.63, 3.8) is 0 Å². The number of halogens is 2. The van der Waals surface area contributed by atoms with E-state index in [0.717, 1.165) is 6.42 Å². The van der Waals surface area contributed by atoms with Crippen molar-refractivity contribution >= 4 is 34.5 Å². The number of ether oxygens (including phenoxy) is 1. The summed E-state index contributed by atoms with van der Waals surface area (Å²) in [5, 5.41) is 1.21. The summed E-state index contributed by atoms with van der Waals surface area (Å²) in [4.78, 5) is 2.55. The smallest absolute Gasteiger partial charge is 0.139 e. The van der Waals surface area contributed by atoms with Gasteiger partial charge in [-0.25, -0.2) is 0 Å². The molecule has 1 heterocycles. The van der Waals surface area contributed by atoms with Crippen molar-refractivity contribution in [2.45, 2.75) is 20.0 Å². The maximum Gasteiger partial charge on any atom is 0.139 e. The van der Waals surface area contributed by atoms with Gasteiger partial charge in [0, 0.05) is 20.8 Å². The molecule has 0 bridgehead atoms. The first kappa shape index (κ1) is 12.7. The van der Waals surface area contributed by atoms with Gasteiger partial charge in [0.2, 0.25) is 0 Å². The molecule has 0 spiro atoms. The standard InChI is InChI=1S/C13H12Cl2OS/c1-2-10-4-5-11(17-10)8-16-13-7-9(14)3-6-12(13)15/h3-7H,2,8H2,1H3. The van der Waals surface area contributed by atoms with Crippen LogP contribution >= 0.6 is 34.5 Å². The molecule has 0 atom stereocenters. The molecule has 90 valence electrons. The third-order valence-electron chi connectivity index (χ3n) is 2.33. The Labute approximate surface area is 115 Å². The Bertz CT molecular complexity index is 508.